The van der Waals surface area contributed by atoms with E-state index >= 15 is 0 Å². The van der Waals surface area contributed by atoms with Gasteiger partial charge in [0.1, 0.15) is 0 Å². The summed E-state index contributed by atoms with van der Waals surface area (Å²) in [5.74, 6) is -0.414. The van der Waals surface area contributed by atoms with Crippen molar-refractivity contribution in [3.8, 4) is 11.4 Å². The molecular formula is C14H19ClN4O2. The number of carbonyl (C=O) groups is 1. The van der Waals surface area contributed by atoms with Crippen LogP contribution in [0, 0.1) is 0 Å². The van der Waals surface area contributed by atoms with Gasteiger partial charge in [0.15, 0.2) is 11.4 Å². The van der Waals surface area contributed by atoms with Crippen LogP contribution in [0.15, 0.2) is 36.5 Å². The molecule has 0 bridgehead atoms. The molecule has 0 unspecified atom stereocenters. The molecule has 0 saturated carbocycles. The Balaban J connectivity index is 0.00000220. The highest BCUT2D eigenvalue weighted by molar-refractivity contribution is 5.94. The predicted octanol–water partition coefficient (Wildman–Crippen LogP) is 1.29. The maximum atomic E-state index is 12.2. The summed E-state index contributed by atoms with van der Waals surface area (Å²) >= 11 is 0. The number of rotatable bonds is 5. The number of nitrogens with one attached hydrogen (secondary N) is 1. The smallest absolute Gasteiger partial charge is 0.278 e. The number of benzene rings is 1. The minimum Gasteiger partial charge on any atom is -0.504 e. The highest BCUT2D eigenvalue weighted by atomic mass is 35.5. The molecule has 1 aromatic heterocycles. The lowest BCUT2D eigenvalue weighted by molar-refractivity contribution is 0.0787. The molecule has 0 atom stereocenters. The zero-order valence-electron chi connectivity index (χ0n) is 12.0. The first-order chi connectivity index (χ1) is 9.63. The van der Waals surface area contributed by atoms with Crippen LogP contribution in [-0.4, -0.2) is 52.9 Å². The summed E-state index contributed by atoms with van der Waals surface area (Å²) in [5.41, 5.74) is 0.854. The maximum Gasteiger partial charge on any atom is 0.278 e. The van der Waals surface area contributed by atoms with Crippen LogP contribution in [0.1, 0.15) is 10.5 Å². The molecule has 1 heterocycles. The number of hydrogen-bond acceptors (Lipinski definition) is 4. The lowest BCUT2D eigenvalue weighted by Crippen LogP contribution is -2.33. The van der Waals surface area contributed by atoms with Crippen molar-refractivity contribution >= 4 is 18.3 Å². The normalized spacial score (nSPS) is 10.0. The summed E-state index contributed by atoms with van der Waals surface area (Å²) < 4.78 is 1.49. The number of aromatic nitrogens is 2. The van der Waals surface area contributed by atoms with Crippen LogP contribution in [0.25, 0.3) is 5.69 Å². The summed E-state index contributed by atoms with van der Waals surface area (Å²) in [5, 5.41) is 17.0. The quantitative estimate of drug-likeness (QED) is 0.873. The third-order valence-corrected chi connectivity index (χ3v) is 2.96. The topological polar surface area (TPSA) is 70.4 Å². The average molecular weight is 311 g/mol. The molecule has 1 amide bonds. The molecular weight excluding hydrogens is 292 g/mol. The number of likely N-dealkylation sites (N-methyl/N-ethyl adjacent to an activating group) is 2. The molecule has 0 aliphatic heterocycles. The first-order valence-electron chi connectivity index (χ1n) is 6.37. The van der Waals surface area contributed by atoms with Crippen molar-refractivity contribution in [1.82, 2.24) is 20.0 Å². The fourth-order valence-electron chi connectivity index (χ4n) is 1.79. The Labute approximate surface area is 129 Å². The van der Waals surface area contributed by atoms with Crippen molar-refractivity contribution < 1.29 is 9.90 Å². The second-order valence-electron chi connectivity index (χ2n) is 4.47. The van der Waals surface area contributed by atoms with Gasteiger partial charge in [-0.1, -0.05) is 18.2 Å². The summed E-state index contributed by atoms with van der Waals surface area (Å²) in [7, 11) is 3.50. The van der Waals surface area contributed by atoms with Crippen molar-refractivity contribution in [2.45, 2.75) is 0 Å². The fourth-order valence-corrected chi connectivity index (χ4v) is 1.79. The van der Waals surface area contributed by atoms with Gasteiger partial charge in [0.05, 0.1) is 11.9 Å². The molecule has 6 nitrogen and oxygen atoms in total. The number of carbonyl (C=O) groups excluding carboxylic acids is 1. The predicted molar refractivity (Wildman–Crippen MR) is 83.4 cm³/mol. The van der Waals surface area contributed by atoms with Gasteiger partial charge < -0.3 is 15.3 Å². The SMILES string of the molecule is CNCCN(C)C(=O)c1nn(-c2ccccc2)cc1O.Cl. The van der Waals surface area contributed by atoms with E-state index in [0.29, 0.717) is 13.1 Å². The molecule has 0 aliphatic carbocycles. The van der Waals surface area contributed by atoms with E-state index in [1.165, 1.54) is 15.8 Å². The lowest BCUT2D eigenvalue weighted by Gasteiger charge is -2.15. The lowest BCUT2D eigenvalue weighted by atomic mass is 10.3. The van der Waals surface area contributed by atoms with Gasteiger partial charge in [-0.3, -0.25) is 4.79 Å². The van der Waals surface area contributed by atoms with Gasteiger partial charge in [-0.05, 0) is 19.2 Å². The second-order valence-corrected chi connectivity index (χ2v) is 4.47. The Morgan fingerprint density at radius 2 is 2.05 bits per heavy atom. The highest BCUT2D eigenvalue weighted by Crippen LogP contribution is 2.19. The van der Waals surface area contributed by atoms with Crippen molar-refractivity contribution in [2.75, 3.05) is 27.2 Å². The molecule has 114 valence electrons. The van der Waals surface area contributed by atoms with Gasteiger partial charge >= 0.3 is 0 Å². The minimum absolute atomic E-state index is 0. The standard InChI is InChI=1S/C14H18N4O2.ClH/c1-15-8-9-17(2)14(20)13-12(19)10-18(16-13)11-6-4-3-5-7-11;/h3-7,10,15,19H,8-9H2,1-2H3;1H. The molecule has 0 radical (unpaired) electrons. The number of halogens is 1. The van der Waals surface area contributed by atoms with Gasteiger partial charge in [0, 0.05) is 20.1 Å². The molecule has 0 saturated heterocycles. The molecule has 2 N–H and O–H groups in total. The Morgan fingerprint density at radius 1 is 1.38 bits per heavy atom. The third kappa shape index (κ3) is 3.96. The second kappa shape index (κ2) is 7.66. The van der Waals surface area contributed by atoms with Crippen molar-refractivity contribution in [3.63, 3.8) is 0 Å². The van der Waals surface area contributed by atoms with Gasteiger partial charge in [-0.25, -0.2) is 4.68 Å². The Morgan fingerprint density at radius 3 is 2.67 bits per heavy atom. The molecule has 2 aromatic rings. The summed E-state index contributed by atoms with van der Waals surface area (Å²) in [6, 6.07) is 9.34. The average Bonchev–Trinajstić information content (AvgIpc) is 2.87. The number of amides is 1. The highest BCUT2D eigenvalue weighted by Gasteiger charge is 2.20. The zero-order valence-corrected chi connectivity index (χ0v) is 12.8. The Kier molecular flexibility index (Phi) is 6.20. The van der Waals surface area contributed by atoms with Crippen LogP contribution in [0.4, 0.5) is 0 Å². The number of aromatic hydroxyl groups is 1. The van der Waals surface area contributed by atoms with E-state index in [1.54, 1.807) is 7.05 Å². The van der Waals surface area contributed by atoms with Crippen LogP contribution >= 0.6 is 12.4 Å². The van der Waals surface area contributed by atoms with Crippen LogP contribution < -0.4 is 5.32 Å². The van der Waals surface area contributed by atoms with E-state index in [2.05, 4.69) is 10.4 Å². The van der Waals surface area contributed by atoms with Crippen LogP contribution in [0.5, 0.6) is 5.75 Å². The molecule has 0 fully saturated rings. The Hall–Kier alpha value is -2.05. The van der Waals surface area contributed by atoms with Gasteiger partial charge in [-0.15, -0.1) is 12.4 Å². The summed E-state index contributed by atoms with van der Waals surface area (Å²) in [6.45, 7) is 1.23. The first kappa shape index (κ1) is 17.0. The van der Waals surface area contributed by atoms with E-state index in [0.717, 1.165) is 5.69 Å². The van der Waals surface area contributed by atoms with E-state index in [9.17, 15) is 9.90 Å². The molecule has 21 heavy (non-hydrogen) atoms. The van der Waals surface area contributed by atoms with Gasteiger partial charge in [0.25, 0.3) is 5.91 Å². The molecule has 7 heteroatoms. The monoisotopic (exact) mass is 310 g/mol. The molecule has 1 aromatic carbocycles. The number of nitrogens with zero attached hydrogens (tertiary/aromatic N) is 3. The van der Waals surface area contributed by atoms with Gasteiger partial charge in [0.2, 0.25) is 0 Å². The van der Waals surface area contributed by atoms with E-state index in [1.807, 2.05) is 37.4 Å². The maximum absolute atomic E-state index is 12.2. The van der Waals surface area contributed by atoms with E-state index < -0.39 is 0 Å². The molecule has 0 spiro atoms. The van der Waals surface area contributed by atoms with Crippen molar-refractivity contribution in [1.29, 1.82) is 0 Å². The van der Waals surface area contributed by atoms with Crippen molar-refractivity contribution in [3.05, 3.63) is 42.2 Å². The van der Waals surface area contributed by atoms with Crippen molar-refractivity contribution in [2.24, 2.45) is 0 Å². The minimum atomic E-state index is -0.299. The largest absolute Gasteiger partial charge is 0.504 e. The summed E-state index contributed by atoms with van der Waals surface area (Å²) in [4.78, 5) is 13.7. The van der Waals surface area contributed by atoms with Crippen LogP contribution in [0.2, 0.25) is 0 Å². The fraction of sp³-hybridized carbons (Fsp3) is 0.286. The zero-order chi connectivity index (χ0) is 14.5. The molecule has 0 aliphatic rings. The van der Waals surface area contributed by atoms with Crippen LogP contribution in [-0.2, 0) is 0 Å². The first-order valence-corrected chi connectivity index (χ1v) is 6.37. The van der Waals surface area contributed by atoms with E-state index in [4.69, 9.17) is 0 Å². The number of para-hydroxylation sites is 1. The summed E-state index contributed by atoms with van der Waals surface area (Å²) in [6.07, 6.45) is 1.44. The molecule has 2 rings (SSSR count). The van der Waals surface area contributed by atoms with E-state index in [-0.39, 0.29) is 29.8 Å². The number of hydrogen-bond donors (Lipinski definition) is 2. The Bertz CT molecular complexity index is 586. The third-order valence-electron chi connectivity index (χ3n) is 2.96. The van der Waals surface area contributed by atoms with Gasteiger partial charge in [-0.2, -0.15) is 5.10 Å². The van der Waals surface area contributed by atoms with Crippen LogP contribution in [0.3, 0.4) is 0 Å².